The molecule has 2 N–H and O–H groups in total. The van der Waals surface area contributed by atoms with Crippen LogP contribution in [0.3, 0.4) is 0 Å². The predicted octanol–water partition coefficient (Wildman–Crippen LogP) is 2.46. The Morgan fingerprint density at radius 1 is 1.09 bits per heavy atom. The zero-order valence-corrected chi connectivity index (χ0v) is 12.7. The Kier molecular flexibility index (Phi) is 4.43. The lowest BCUT2D eigenvalue weighted by Gasteiger charge is -2.12. The number of hydrogen-bond donors (Lipinski definition) is 2. The highest BCUT2D eigenvalue weighted by Crippen LogP contribution is 2.18. The first-order valence-electron chi connectivity index (χ1n) is 7.22. The highest BCUT2D eigenvalue weighted by atomic mass is 32.1. The lowest BCUT2D eigenvalue weighted by atomic mass is 10.1. The molecule has 0 atom stereocenters. The smallest absolute Gasteiger partial charge is 0.269 e. The maximum atomic E-state index is 12.1. The Hall–Kier alpha value is -2.28. The van der Waals surface area contributed by atoms with E-state index in [1.807, 2.05) is 0 Å². The van der Waals surface area contributed by atoms with Crippen LogP contribution in [0.25, 0.3) is 0 Å². The average Bonchev–Trinajstić information content (AvgIpc) is 3.21. The second-order valence-electron chi connectivity index (χ2n) is 5.27. The zero-order valence-electron chi connectivity index (χ0n) is 11.9. The number of anilines is 1. The molecule has 2 aromatic rings. The molecular formula is C15H16N4O2S. The summed E-state index contributed by atoms with van der Waals surface area (Å²) in [6, 6.07) is 7.16. The summed E-state index contributed by atoms with van der Waals surface area (Å²) in [6.07, 6.45) is 5.90. The van der Waals surface area contributed by atoms with Gasteiger partial charge in [-0.1, -0.05) is 17.3 Å². The van der Waals surface area contributed by atoms with Crippen LogP contribution >= 0.6 is 11.5 Å². The van der Waals surface area contributed by atoms with Gasteiger partial charge in [0.15, 0.2) is 0 Å². The Bertz CT molecular complexity index is 649. The average molecular weight is 316 g/mol. The number of amides is 2. The molecule has 2 amide bonds. The number of nitrogens with one attached hydrogen (secondary N) is 2. The van der Waals surface area contributed by atoms with E-state index < -0.39 is 0 Å². The predicted molar refractivity (Wildman–Crippen MR) is 84.0 cm³/mol. The molecule has 0 spiro atoms. The molecule has 1 aliphatic carbocycles. The second-order valence-corrected chi connectivity index (χ2v) is 6.05. The molecule has 1 saturated carbocycles. The molecule has 0 bridgehead atoms. The first-order chi connectivity index (χ1) is 10.7. The van der Waals surface area contributed by atoms with E-state index in [1.54, 1.807) is 24.3 Å². The van der Waals surface area contributed by atoms with E-state index in [0.717, 1.165) is 24.4 Å². The van der Waals surface area contributed by atoms with Gasteiger partial charge in [-0.3, -0.25) is 9.59 Å². The van der Waals surface area contributed by atoms with Crippen LogP contribution in [0.15, 0.2) is 30.5 Å². The summed E-state index contributed by atoms with van der Waals surface area (Å²) in [5, 5.41) is 9.41. The third kappa shape index (κ3) is 3.48. The van der Waals surface area contributed by atoms with Crippen molar-refractivity contribution >= 4 is 29.0 Å². The van der Waals surface area contributed by atoms with Gasteiger partial charge >= 0.3 is 0 Å². The van der Waals surface area contributed by atoms with Crippen LogP contribution in [0, 0.1) is 0 Å². The molecule has 0 aliphatic heterocycles. The van der Waals surface area contributed by atoms with Crippen LogP contribution in [0.4, 0.5) is 5.69 Å². The van der Waals surface area contributed by atoms with Crippen molar-refractivity contribution in [2.24, 2.45) is 0 Å². The fraction of sp³-hybridized carbons (Fsp3) is 0.333. The monoisotopic (exact) mass is 316 g/mol. The van der Waals surface area contributed by atoms with Gasteiger partial charge in [0, 0.05) is 17.3 Å². The highest BCUT2D eigenvalue weighted by Gasteiger charge is 2.18. The van der Waals surface area contributed by atoms with Gasteiger partial charge in [-0.15, -0.1) is 5.10 Å². The van der Waals surface area contributed by atoms with Crippen LogP contribution in [-0.4, -0.2) is 27.4 Å². The van der Waals surface area contributed by atoms with Crippen LogP contribution in [0.1, 0.15) is 45.7 Å². The summed E-state index contributed by atoms with van der Waals surface area (Å²) in [5.41, 5.74) is 1.24. The second kappa shape index (κ2) is 6.65. The minimum Gasteiger partial charge on any atom is -0.349 e. The summed E-state index contributed by atoms with van der Waals surface area (Å²) >= 11 is 1.04. The number of carbonyl (C=O) groups is 2. The van der Waals surface area contributed by atoms with Crippen molar-refractivity contribution in [3.05, 3.63) is 40.9 Å². The fourth-order valence-electron chi connectivity index (χ4n) is 2.50. The molecule has 22 heavy (non-hydrogen) atoms. The van der Waals surface area contributed by atoms with Gasteiger partial charge in [0.2, 0.25) is 0 Å². The molecule has 0 unspecified atom stereocenters. The normalized spacial score (nSPS) is 14.7. The van der Waals surface area contributed by atoms with Gasteiger partial charge in [0.1, 0.15) is 4.88 Å². The van der Waals surface area contributed by atoms with Gasteiger partial charge in [-0.2, -0.15) is 0 Å². The van der Waals surface area contributed by atoms with E-state index in [-0.39, 0.29) is 11.8 Å². The zero-order chi connectivity index (χ0) is 15.4. The lowest BCUT2D eigenvalue weighted by molar-refractivity contribution is 0.0937. The Balaban J connectivity index is 1.60. The summed E-state index contributed by atoms with van der Waals surface area (Å²) in [6.45, 7) is 0. The maximum absolute atomic E-state index is 12.1. The molecule has 1 aromatic carbocycles. The Morgan fingerprint density at radius 2 is 1.82 bits per heavy atom. The SMILES string of the molecule is O=C(NC1CCCC1)c1ccc(NC(=O)c2cnns2)cc1. The molecule has 114 valence electrons. The van der Waals surface area contributed by atoms with Crippen LogP contribution in [0.2, 0.25) is 0 Å². The molecule has 1 aromatic heterocycles. The Labute approximate surface area is 132 Å². The van der Waals surface area contributed by atoms with Gasteiger partial charge in [0.05, 0.1) is 6.20 Å². The van der Waals surface area contributed by atoms with E-state index in [4.69, 9.17) is 0 Å². The first kappa shape index (κ1) is 14.6. The van der Waals surface area contributed by atoms with Crippen molar-refractivity contribution in [3.8, 4) is 0 Å². The molecule has 1 fully saturated rings. The maximum Gasteiger partial charge on any atom is 0.269 e. The molecule has 1 heterocycles. The molecule has 6 nitrogen and oxygen atoms in total. The minimum atomic E-state index is -0.252. The van der Waals surface area contributed by atoms with Crippen molar-refractivity contribution in [2.75, 3.05) is 5.32 Å². The summed E-state index contributed by atoms with van der Waals surface area (Å²) in [5.74, 6) is -0.311. The highest BCUT2D eigenvalue weighted by molar-refractivity contribution is 7.07. The van der Waals surface area contributed by atoms with Crippen molar-refractivity contribution in [2.45, 2.75) is 31.7 Å². The molecule has 0 saturated heterocycles. The van der Waals surface area contributed by atoms with Gasteiger partial charge in [-0.25, -0.2) is 0 Å². The molecule has 1 aliphatic rings. The molecule has 7 heteroatoms. The van der Waals surface area contributed by atoms with E-state index >= 15 is 0 Å². The fourth-order valence-corrected chi connectivity index (χ4v) is 2.91. The van der Waals surface area contributed by atoms with Crippen molar-refractivity contribution < 1.29 is 9.59 Å². The van der Waals surface area contributed by atoms with Crippen molar-refractivity contribution in [1.29, 1.82) is 0 Å². The van der Waals surface area contributed by atoms with E-state index in [9.17, 15) is 9.59 Å². The van der Waals surface area contributed by atoms with Gasteiger partial charge in [-0.05, 0) is 48.6 Å². The van der Waals surface area contributed by atoms with E-state index in [2.05, 4.69) is 20.2 Å². The van der Waals surface area contributed by atoms with E-state index in [0.29, 0.717) is 22.2 Å². The summed E-state index contributed by atoms with van der Waals surface area (Å²) in [4.78, 5) is 24.4. The van der Waals surface area contributed by atoms with Crippen LogP contribution in [-0.2, 0) is 0 Å². The van der Waals surface area contributed by atoms with Gasteiger partial charge < -0.3 is 10.6 Å². The molecule has 0 radical (unpaired) electrons. The molecular weight excluding hydrogens is 300 g/mol. The quantitative estimate of drug-likeness (QED) is 0.907. The minimum absolute atomic E-state index is 0.0589. The number of benzene rings is 1. The van der Waals surface area contributed by atoms with Crippen LogP contribution in [0.5, 0.6) is 0 Å². The number of carbonyl (C=O) groups excluding carboxylic acids is 2. The lowest BCUT2D eigenvalue weighted by Crippen LogP contribution is -2.32. The first-order valence-corrected chi connectivity index (χ1v) is 7.99. The molecule has 3 rings (SSSR count). The Morgan fingerprint density at radius 3 is 2.45 bits per heavy atom. The summed E-state index contributed by atoms with van der Waals surface area (Å²) < 4.78 is 3.65. The van der Waals surface area contributed by atoms with Crippen molar-refractivity contribution in [3.63, 3.8) is 0 Å². The third-order valence-corrected chi connectivity index (χ3v) is 4.34. The topological polar surface area (TPSA) is 84.0 Å². The number of aromatic nitrogens is 2. The number of hydrogen-bond acceptors (Lipinski definition) is 5. The van der Waals surface area contributed by atoms with Crippen LogP contribution < -0.4 is 10.6 Å². The van der Waals surface area contributed by atoms with E-state index in [1.165, 1.54) is 19.0 Å². The summed E-state index contributed by atoms with van der Waals surface area (Å²) in [7, 11) is 0. The van der Waals surface area contributed by atoms with Gasteiger partial charge in [0.25, 0.3) is 11.8 Å². The number of rotatable bonds is 4. The third-order valence-electron chi connectivity index (χ3n) is 3.68. The largest absolute Gasteiger partial charge is 0.349 e. The number of nitrogens with zero attached hydrogens (tertiary/aromatic N) is 2. The van der Waals surface area contributed by atoms with Crippen molar-refractivity contribution in [1.82, 2.24) is 14.9 Å². The standard InChI is InChI=1S/C15H16N4O2S/c20-14(17-11-3-1-2-4-11)10-5-7-12(8-6-10)18-15(21)13-9-16-19-22-13/h5-9,11H,1-4H2,(H,17,20)(H,18,21).